The first-order valence-electron chi connectivity index (χ1n) is 9.48. The number of esters is 4. The van der Waals surface area contributed by atoms with Gasteiger partial charge in [0.05, 0.1) is 5.92 Å². The highest BCUT2D eigenvalue weighted by Gasteiger charge is 2.37. The van der Waals surface area contributed by atoms with E-state index in [1.807, 2.05) is 0 Å². The van der Waals surface area contributed by atoms with E-state index in [2.05, 4.69) is 6.58 Å². The van der Waals surface area contributed by atoms with Gasteiger partial charge in [-0.25, -0.2) is 4.79 Å². The summed E-state index contributed by atoms with van der Waals surface area (Å²) in [6, 6.07) is 0. The van der Waals surface area contributed by atoms with E-state index in [9.17, 15) is 19.2 Å². The molecule has 0 rings (SSSR count). The second-order valence-electron chi connectivity index (χ2n) is 8.84. The summed E-state index contributed by atoms with van der Waals surface area (Å²) in [5.74, 6) is -4.78. The Balaban J connectivity index is 4.96. The minimum absolute atomic E-state index is 0.119. The first-order valence-corrected chi connectivity index (χ1v) is 9.48. The van der Waals surface area contributed by atoms with Crippen molar-refractivity contribution in [3.05, 3.63) is 12.2 Å². The summed E-state index contributed by atoms with van der Waals surface area (Å²) < 4.78 is 20.5. The molecule has 8 nitrogen and oxygen atoms in total. The Labute approximate surface area is 172 Å². The van der Waals surface area contributed by atoms with Gasteiger partial charge in [-0.05, 0) is 54.9 Å². The fraction of sp³-hybridized carbons (Fsp3) is 0.714. The number of hydrogen-bond acceptors (Lipinski definition) is 8. The molecule has 0 amide bonds. The van der Waals surface area contributed by atoms with Crippen LogP contribution in [0.1, 0.15) is 61.8 Å². The van der Waals surface area contributed by atoms with Crippen molar-refractivity contribution in [3.8, 4) is 0 Å². The lowest BCUT2D eigenvalue weighted by atomic mass is 9.95. The first-order chi connectivity index (χ1) is 13.0. The number of hydrogen-bond donors (Lipinski definition) is 0. The third-order valence-corrected chi connectivity index (χ3v) is 3.28. The van der Waals surface area contributed by atoms with Crippen LogP contribution in [-0.2, 0) is 38.1 Å². The molecule has 0 radical (unpaired) electrons. The highest BCUT2D eigenvalue weighted by molar-refractivity contribution is 5.95. The molecule has 1 unspecified atom stereocenters. The van der Waals surface area contributed by atoms with E-state index in [0.29, 0.717) is 0 Å². The van der Waals surface area contributed by atoms with Crippen LogP contribution >= 0.6 is 0 Å². The number of ether oxygens (including phenoxy) is 4. The van der Waals surface area contributed by atoms with Crippen LogP contribution in [0.3, 0.4) is 0 Å². The molecule has 0 aliphatic rings. The maximum atomic E-state index is 12.5. The van der Waals surface area contributed by atoms with Crippen LogP contribution in [-0.4, -0.2) is 48.3 Å². The van der Waals surface area contributed by atoms with Gasteiger partial charge in [0.1, 0.15) is 24.4 Å². The fourth-order valence-corrected chi connectivity index (χ4v) is 2.03. The van der Waals surface area contributed by atoms with E-state index in [4.69, 9.17) is 18.9 Å². The van der Waals surface area contributed by atoms with Gasteiger partial charge in [-0.15, -0.1) is 0 Å². The molecule has 0 aromatic carbocycles. The van der Waals surface area contributed by atoms with E-state index >= 15 is 0 Å². The van der Waals surface area contributed by atoms with Gasteiger partial charge in [0.25, 0.3) is 0 Å². The molecule has 1 atom stereocenters. The lowest BCUT2D eigenvalue weighted by Gasteiger charge is -2.27. The maximum absolute atomic E-state index is 12.5. The Morgan fingerprint density at radius 2 is 1.21 bits per heavy atom. The molecule has 0 aliphatic heterocycles. The number of carbonyl (C=O) groups is 4. The zero-order valence-corrected chi connectivity index (χ0v) is 18.7. The molecular weight excluding hydrogens is 380 g/mol. The van der Waals surface area contributed by atoms with Crippen molar-refractivity contribution < 1.29 is 38.1 Å². The van der Waals surface area contributed by atoms with Crippen LogP contribution in [0.5, 0.6) is 0 Å². The molecule has 0 saturated heterocycles. The van der Waals surface area contributed by atoms with Gasteiger partial charge in [0.15, 0.2) is 5.92 Å². The zero-order valence-electron chi connectivity index (χ0n) is 18.7. The predicted octanol–water partition coefficient (Wildman–Crippen LogP) is 2.97. The highest BCUT2D eigenvalue weighted by atomic mass is 16.6. The molecule has 0 N–H and O–H groups in total. The van der Waals surface area contributed by atoms with Crippen molar-refractivity contribution in [2.75, 3.05) is 13.2 Å². The summed E-state index contributed by atoms with van der Waals surface area (Å²) in [5, 5.41) is 0. The van der Waals surface area contributed by atoms with Crippen molar-refractivity contribution >= 4 is 23.9 Å². The Bertz CT molecular complexity index is 594. The average molecular weight is 414 g/mol. The second kappa shape index (κ2) is 11.0. The smallest absolute Gasteiger partial charge is 0.333 e. The standard InChI is InChI=1S/C21H34O8/c1-13(2)16(22)26-10-11-27-17(23)14(3)12-15(18(24)28-20(4,5)6)19(25)29-21(7,8)9/h14-15H,1,10-12H2,2-9H3. The minimum Gasteiger partial charge on any atom is -0.462 e. The van der Waals surface area contributed by atoms with Crippen LogP contribution in [0.25, 0.3) is 0 Å². The summed E-state index contributed by atoms with van der Waals surface area (Å²) in [6.07, 6.45) is -0.131. The van der Waals surface area contributed by atoms with Gasteiger partial charge >= 0.3 is 23.9 Å². The van der Waals surface area contributed by atoms with Gasteiger partial charge in [-0.1, -0.05) is 13.5 Å². The van der Waals surface area contributed by atoms with Crippen molar-refractivity contribution in [1.29, 1.82) is 0 Å². The summed E-state index contributed by atoms with van der Waals surface area (Å²) >= 11 is 0. The van der Waals surface area contributed by atoms with Crippen molar-refractivity contribution in [2.45, 2.75) is 73.0 Å². The van der Waals surface area contributed by atoms with Gasteiger partial charge in [0.2, 0.25) is 0 Å². The van der Waals surface area contributed by atoms with Crippen LogP contribution in [0.2, 0.25) is 0 Å². The summed E-state index contributed by atoms with van der Waals surface area (Å²) in [5.41, 5.74) is -1.36. The Morgan fingerprint density at radius 1 is 0.793 bits per heavy atom. The van der Waals surface area contributed by atoms with Gasteiger partial charge in [-0.3, -0.25) is 14.4 Å². The molecule has 0 heterocycles. The predicted molar refractivity (Wildman–Crippen MR) is 106 cm³/mol. The van der Waals surface area contributed by atoms with Crippen molar-refractivity contribution in [1.82, 2.24) is 0 Å². The van der Waals surface area contributed by atoms with E-state index in [0.717, 1.165) is 0 Å². The molecule has 0 aromatic rings. The largest absolute Gasteiger partial charge is 0.462 e. The SMILES string of the molecule is C=C(C)C(=O)OCCOC(=O)C(C)CC(C(=O)OC(C)(C)C)C(=O)OC(C)(C)C. The highest BCUT2D eigenvalue weighted by Crippen LogP contribution is 2.22. The maximum Gasteiger partial charge on any atom is 0.333 e. The van der Waals surface area contributed by atoms with E-state index in [-0.39, 0.29) is 25.2 Å². The zero-order chi connectivity index (χ0) is 23.0. The molecule has 0 fully saturated rings. The molecule has 166 valence electrons. The van der Waals surface area contributed by atoms with E-state index < -0.39 is 46.9 Å². The average Bonchev–Trinajstić information content (AvgIpc) is 2.52. The Morgan fingerprint density at radius 3 is 1.59 bits per heavy atom. The lowest BCUT2D eigenvalue weighted by molar-refractivity contribution is -0.175. The van der Waals surface area contributed by atoms with Crippen LogP contribution in [0, 0.1) is 11.8 Å². The monoisotopic (exact) mass is 414 g/mol. The van der Waals surface area contributed by atoms with Gasteiger partial charge < -0.3 is 18.9 Å². The first kappa shape index (κ1) is 26.6. The van der Waals surface area contributed by atoms with E-state index in [1.165, 1.54) is 13.8 Å². The molecule has 0 aliphatic carbocycles. The molecule has 0 bridgehead atoms. The molecular formula is C21H34O8. The van der Waals surface area contributed by atoms with E-state index in [1.54, 1.807) is 41.5 Å². The van der Waals surface area contributed by atoms with Gasteiger partial charge in [0, 0.05) is 5.57 Å². The third-order valence-electron chi connectivity index (χ3n) is 3.28. The molecule has 8 heteroatoms. The van der Waals surface area contributed by atoms with Crippen LogP contribution in [0.4, 0.5) is 0 Å². The summed E-state index contributed by atoms with van der Waals surface area (Å²) in [7, 11) is 0. The Kier molecular flexibility index (Phi) is 10.1. The van der Waals surface area contributed by atoms with Crippen LogP contribution in [0.15, 0.2) is 12.2 Å². The second-order valence-corrected chi connectivity index (χ2v) is 8.84. The quantitative estimate of drug-likeness (QED) is 0.186. The van der Waals surface area contributed by atoms with Crippen LogP contribution < -0.4 is 0 Å². The molecule has 29 heavy (non-hydrogen) atoms. The van der Waals surface area contributed by atoms with Crippen molar-refractivity contribution in [2.24, 2.45) is 11.8 Å². The lowest BCUT2D eigenvalue weighted by Crippen LogP contribution is -2.38. The molecule has 0 spiro atoms. The fourth-order valence-electron chi connectivity index (χ4n) is 2.03. The summed E-state index contributed by atoms with van der Waals surface area (Å²) in [6.45, 7) is 16.3. The number of carbonyl (C=O) groups excluding carboxylic acids is 4. The number of rotatable bonds is 9. The molecule has 0 saturated carbocycles. The van der Waals surface area contributed by atoms with Crippen molar-refractivity contribution in [3.63, 3.8) is 0 Å². The molecule has 0 aromatic heterocycles. The third kappa shape index (κ3) is 11.9. The topological polar surface area (TPSA) is 105 Å². The summed E-state index contributed by atoms with van der Waals surface area (Å²) in [4.78, 5) is 48.5. The normalized spacial score (nSPS) is 12.7. The van der Waals surface area contributed by atoms with Gasteiger partial charge in [-0.2, -0.15) is 0 Å². The minimum atomic E-state index is -1.27. The Hall–Kier alpha value is -2.38.